The first-order valence-electron chi connectivity index (χ1n) is 10.8. The Morgan fingerprint density at radius 2 is 1.83 bits per heavy atom. The number of hydrogen-bond donors (Lipinski definition) is 2. The molecule has 3 saturated heterocycles. The average Bonchev–Trinajstić information content (AvgIpc) is 3.14. The highest BCUT2D eigenvalue weighted by Gasteiger charge is 2.43. The Morgan fingerprint density at radius 3 is 2.52 bits per heavy atom. The maximum atomic E-state index is 13.3. The van der Waals surface area contributed by atoms with Crippen molar-refractivity contribution in [1.29, 1.82) is 0 Å². The van der Waals surface area contributed by atoms with E-state index in [4.69, 9.17) is 5.73 Å². The molecule has 154 valence electrons. The van der Waals surface area contributed by atoms with E-state index in [-0.39, 0.29) is 24.1 Å². The summed E-state index contributed by atoms with van der Waals surface area (Å²) in [6, 6.07) is 6.61. The molecule has 0 aliphatic carbocycles. The first kappa shape index (κ1) is 18.8. The zero-order valence-electron chi connectivity index (χ0n) is 16.6. The molecule has 4 aliphatic heterocycles. The van der Waals surface area contributed by atoms with E-state index in [9.17, 15) is 14.4 Å². The molecule has 7 nitrogen and oxygen atoms in total. The van der Waals surface area contributed by atoms with Gasteiger partial charge in [0.2, 0.25) is 11.8 Å². The van der Waals surface area contributed by atoms with Gasteiger partial charge < -0.3 is 10.6 Å². The molecule has 1 aromatic rings. The van der Waals surface area contributed by atoms with Crippen molar-refractivity contribution in [2.45, 2.75) is 69.7 Å². The van der Waals surface area contributed by atoms with Crippen molar-refractivity contribution in [1.82, 2.24) is 15.1 Å². The molecule has 0 spiro atoms. The van der Waals surface area contributed by atoms with Gasteiger partial charge in [-0.3, -0.25) is 24.6 Å². The highest BCUT2D eigenvalue weighted by Crippen LogP contribution is 2.40. The Labute approximate surface area is 170 Å². The van der Waals surface area contributed by atoms with E-state index in [1.54, 1.807) is 4.90 Å². The van der Waals surface area contributed by atoms with E-state index in [1.807, 2.05) is 12.1 Å². The Morgan fingerprint density at radius 1 is 1.07 bits per heavy atom. The lowest BCUT2D eigenvalue weighted by Gasteiger charge is -2.39. The average molecular weight is 396 g/mol. The minimum absolute atomic E-state index is 0.0747. The van der Waals surface area contributed by atoms with Crippen LogP contribution in [0.15, 0.2) is 18.2 Å². The molecule has 0 aromatic heterocycles. The number of amides is 3. The summed E-state index contributed by atoms with van der Waals surface area (Å²) in [5, 5.41) is 2.37. The molecule has 4 aliphatic rings. The van der Waals surface area contributed by atoms with Crippen molar-refractivity contribution in [2.24, 2.45) is 11.7 Å². The maximum Gasteiger partial charge on any atom is 0.255 e. The minimum Gasteiger partial charge on any atom is -0.330 e. The third-order valence-corrected chi connectivity index (χ3v) is 7.31. The fourth-order valence-corrected chi connectivity index (χ4v) is 5.86. The van der Waals surface area contributed by atoms with E-state index < -0.39 is 6.04 Å². The predicted molar refractivity (Wildman–Crippen MR) is 107 cm³/mol. The first-order valence-corrected chi connectivity index (χ1v) is 10.8. The number of imide groups is 1. The normalized spacial score (nSPS) is 31.9. The van der Waals surface area contributed by atoms with Crippen LogP contribution in [0.2, 0.25) is 0 Å². The minimum atomic E-state index is -0.558. The van der Waals surface area contributed by atoms with Crippen molar-refractivity contribution in [3.8, 4) is 0 Å². The number of nitrogens with two attached hydrogens (primary N) is 1. The highest BCUT2D eigenvalue weighted by atomic mass is 16.2. The van der Waals surface area contributed by atoms with Crippen molar-refractivity contribution in [3.63, 3.8) is 0 Å². The molecular formula is C22H28N4O3. The van der Waals surface area contributed by atoms with Crippen LogP contribution in [0.3, 0.4) is 0 Å². The summed E-state index contributed by atoms with van der Waals surface area (Å²) in [5.41, 5.74) is 8.74. The molecule has 5 rings (SSSR count). The topological polar surface area (TPSA) is 95.7 Å². The lowest BCUT2D eigenvalue weighted by atomic mass is 9.90. The molecule has 2 bridgehead atoms. The van der Waals surface area contributed by atoms with Gasteiger partial charge in [0.05, 0.1) is 0 Å². The molecule has 1 aromatic carbocycles. The van der Waals surface area contributed by atoms with Gasteiger partial charge in [-0.15, -0.1) is 0 Å². The van der Waals surface area contributed by atoms with Gasteiger partial charge in [0.15, 0.2) is 0 Å². The zero-order valence-corrected chi connectivity index (χ0v) is 16.6. The molecule has 4 atom stereocenters. The summed E-state index contributed by atoms with van der Waals surface area (Å²) in [7, 11) is 0. The van der Waals surface area contributed by atoms with E-state index in [1.165, 1.54) is 12.8 Å². The summed E-state index contributed by atoms with van der Waals surface area (Å²) in [6.07, 6.45) is 5.41. The molecule has 3 amide bonds. The van der Waals surface area contributed by atoms with Crippen LogP contribution in [0, 0.1) is 5.92 Å². The van der Waals surface area contributed by atoms with Crippen molar-refractivity contribution >= 4 is 17.7 Å². The predicted octanol–water partition coefficient (Wildman–Crippen LogP) is 1.15. The van der Waals surface area contributed by atoms with Crippen LogP contribution in [0.4, 0.5) is 0 Å². The number of fused-ring (bicyclic) bond motifs is 3. The van der Waals surface area contributed by atoms with Crippen LogP contribution in [-0.2, 0) is 22.7 Å². The number of carbonyl (C=O) groups is 3. The second kappa shape index (κ2) is 7.22. The van der Waals surface area contributed by atoms with Crippen LogP contribution in [0.5, 0.6) is 0 Å². The van der Waals surface area contributed by atoms with E-state index in [2.05, 4.69) is 16.3 Å². The summed E-state index contributed by atoms with van der Waals surface area (Å²) in [6.45, 7) is 1.99. The number of benzene rings is 1. The summed E-state index contributed by atoms with van der Waals surface area (Å²) < 4.78 is 0. The number of rotatable bonds is 4. The fourth-order valence-electron chi connectivity index (χ4n) is 5.86. The standard InChI is InChI=1S/C22H28N4O3/c23-10-13-8-16-4-5-17(9-13)25(16)11-14-2-1-3-15-12-26(22(29)20(14)15)18-6-7-19(27)24-21(18)28/h1-3,13,16-18H,4-12,23H2,(H,24,27,28)/t13?,16-,17+,18?. The largest absolute Gasteiger partial charge is 0.330 e. The van der Waals surface area contributed by atoms with Gasteiger partial charge in [0.1, 0.15) is 6.04 Å². The maximum absolute atomic E-state index is 13.3. The lowest BCUT2D eigenvalue weighted by Crippen LogP contribution is -2.52. The van der Waals surface area contributed by atoms with E-state index >= 15 is 0 Å². The number of hydrogen-bond acceptors (Lipinski definition) is 5. The van der Waals surface area contributed by atoms with Gasteiger partial charge in [-0.25, -0.2) is 0 Å². The monoisotopic (exact) mass is 396 g/mol. The molecule has 2 unspecified atom stereocenters. The number of carbonyl (C=O) groups excluding carboxylic acids is 3. The van der Waals surface area contributed by atoms with Crippen LogP contribution in [-0.4, -0.2) is 52.2 Å². The van der Waals surface area contributed by atoms with Gasteiger partial charge in [0, 0.05) is 37.2 Å². The molecular weight excluding hydrogens is 368 g/mol. The highest BCUT2D eigenvalue weighted by molar-refractivity contribution is 6.05. The van der Waals surface area contributed by atoms with Crippen molar-refractivity contribution in [2.75, 3.05) is 6.54 Å². The molecule has 0 radical (unpaired) electrons. The summed E-state index contributed by atoms with van der Waals surface area (Å²) >= 11 is 0. The Bertz CT molecular complexity index is 856. The van der Waals surface area contributed by atoms with Gasteiger partial charge in [-0.1, -0.05) is 18.2 Å². The van der Waals surface area contributed by atoms with Gasteiger partial charge in [0.25, 0.3) is 5.91 Å². The number of nitrogens with one attached hydrogen (secondary N) is 1. The van der Waals surface area contributed by atoms with Crippen LogP contribution < -0.4 is 11.1 Å². The SMILES string of the molecule is NCC1C[C@H]2CC[C@@H](C1)N2Cc1cccc2c1C(=O)N(C1CCC(=O)NC1=O)C2. The van der Waals surface area contributed by atoms with Crippen LogP contribution in [0.1, 0.15) is 60.0 Å². The van der Waals surface area contributed by atoms with Crippen molar-refractivity contribution < 1.29 is 14.4 Å². The van der Waals surface area contributed by atoms with Gasteiger partial charge in [-0.2, -0.15) is 0 Å². The van der Waals surface area contributed by atoms with Crippen LogP contribution >= 0.6 is 0 Å². The Balaban J connectivity index is 1.37. The molecule has 7 heteroatoms. The zero-order chi connectivity index (χ0) is 20.1. The lowest BCUT2D eigenvalue weighted by molar-refractivity contribution is -0.136. The van der Waals surface area contributed by atoms with E-state index in [0.717, 1.165) is 42.6 Å². The Hall–Kier alpha value is -2.25. The molecule has 3 fully saturated rings. The van der Waals surface area contributed by atoms with Crippen LogP contribution in [0.25, 0.3) is 0 Å². The molecule has 3 N–H and O–H groups in total. The van der Waals surface area contributed by atoms with Crippen molar-refractivity contribution in [3.05, 3.63) is 34.9 Å². The van der Waals surface area contributed by atoms with Gasteiger partial charge >= 0.3 is 0 Å². The second-order valence-corrected chi connectivity index (χ2v) is 8.98. The number of nitrogens with zero attached hydrogens (tertiary/aromatic N) is 2. The quantitative estimate of drug-likeness (QED) is 0.745. The first-order chi connectivity index (χ1) is 14.0. The third-order valence-electron chi connectivity index (χ3n) is 7.31. The van der Waals surface area contributed by atoms with Gasteiger partial charge in [-0.05, 0) is 55.7 Å². The van der Waals surface area contributed by atoms with E-state index in [0.29, 0.717) is 31.0 Å². The Kier molecular flexibility index (Phi) is 4.67. The smallest absolute Gasteiger partial charge is 0.255 e. The molecule has 29 heavy (non-hydrogen) atoms. The number of piperidine rings is 2. The molecule has 0 saturated carbocycles. The second-order valence-electron chi connectivity index (χ2n) is 8.98. The fraction of sp³-hybridized carbons (Fsp3) is 0.591. The third kappa shape index (κ3) is 3.16. The molecule has 4 heterocycles. The summed E-state index contributed by atoms with van der Waals surface area (Å²) in [4.78, 5) is 41.3. The summed E-state index contributed by atoms with van der Waals surface area (Å²) in [5.74, 6) is -0.0671.